The lowest BCUT2D eigenvalue weighted by Gasteiger charge is -2.38. The van der Waals surface area contributed by atoms with Crippen LogP contribution in [0.1, 0.15) is 82.0 Å². The lowest BCUT2D eigenvalue weighted by molar-refractivity contribution is 0.0600. The zero-order valence-electron chi connectivity index (χ0n) is 29.9. The van der Waals surface area contributed by atoms with Crippen LogP contribution in [0, 0.1) is 0 Å². The molecule has 0 amide bonds. The molecule has 3 saturated heterocycles. The SMILES string of the molecule is COC(=O)c1ccc(C2C3C=CC(N3)C(c3ccccc3)C3CCC(N3)C(c3ccccc3)C3C=CC(N3)C(c3ccccc3)C3CCC2N3)cc1. The van der Waals surface area contributed by atoms with E-state index >= 15 is 0 Å². The van der Waals surface area contributed by atoms with Crippen molar-refractivity contribution >= 4 is 5.97 Å². The van der Waals surface area contributed by atoms with Gasteiger partial charge < -0.3 is 26.0 Å². The summed E-state index contributed by atoms with van der Waals surface area (Å²) in [5.74, 6) is 0.766. The van der Waals surface area contributed by atoms with Gasteiger partial charge in [0.2, 0.25) is 0 Å². The smallest absolute Gasteiger partial charge is 0.337 e. The van der Waals surface area contributed by atoms with Crippen molar-refractivity contribution in [3.05, 3.63) is 167 Å². The van der Waals surface area contributed by atoms with Crippen molar-refractivity contribution in [1.29, 1.82) is 0 Å². The molecule has 4 aromatic rings. The van der Waals surface area contributed by atoms with Crippen molar-refractivity contribution in [2.24, 2.45) is 0 Å². The quantitative estimate of drug-likeness (QED) is 0.134. The largest absolute Gasteiger partial charge is 0.465 e. The average molecular weight is 691 g/mol. The van der Waals surface area contributed by atoms with Crippen LogP contribution in [0.3, 0.4) is 0 Å². The topological polar surface area (TPSA) is 74.4 Å². The first-order chi connectivity index (χ1) is 25.6. The Labute approximate surface area is 308 Å². The number of carbonyl (C=O) groups excluding carboxylic acids is 1. The van der Waals surface area contributed by atoms with Crippen LogP contribution in [0.5, 0.6) is 0 Å². The number of nitrogens with one attached hydrogen (secondary N) is 4. The third kappa shape index (κ3) is 6.36. The number of hydrogen-bond donors (Lipinski definition) is 4. The molecule has 5 aliphatic rings. The summed E-state index contributed by atoms with van der Waals surface area (Å²) in [5, 5.41) is 16.9. The van der Waals surface area contributed by atoms with Crippen molar-refractivity contribution in [2.45, 2.75) is 97.7 Å². The van der Waals surface area contributed by atoms with Gasteiger partial charge >= 0.3 is 5.97 Å². The van der Waals surface area contributed by atoms with E-state index in [4.69, 9.17) is 4.74 Å². The van der Waals surface area contributed by atoms with Gasteiger partial charge in [0.15, 0.2) is 0 Å². The molecule has 4 N–H and O–H groups in total. The second-order valence-corrected chi connectivity index (χ2v) is 15.6. The van der Waals surface area contributed by atoms with Crippen LogP contribution in [0.4, 0.5) is 0 Å². The second-order valence-electron chi connectivity index (χ2n) is 15.6. The minimum absolute atomic E-state index is 0.141. The van der Waals surface area contributed by atoms with Crippen LogP contribution >= 0.6 is 0 Å². The number of ether oxygens (including phenoxy) is 1. The molecule has 5 aliphatic heterocycles. The first kappa shape index (κ1) is 33.5. The minimum Gasteiger partial charge on any atom is -0.465 e. The Bertz CT molecular complexity index is 1840. The third-order valence-electron chi connectivity index (χ3n) is 12.8. The Morgan fingerprint density at radius 1 is 0.442 bits per heavy atom. The molecule has 266 valence electrons. The van der Waals surface area contributed by atoms with Gasteiger partial charge in [-0.15, -0.1) is 0 Å². The molecule has 12 unspecified atom stereocenters. The molecule has 5 heterocycles. The Morgan fingerprint density at radius 2 is 0.750 bits per heavy atom. The van der Waals surface area contributed by atoms with Crippen molar-refractivity contribution in [3.8, 4) is 0 Å². The zero-order chi connectivity index (χ0) is 35.0. The summed E-state index contributed by atoms with van der Waals surface area (Å²) in [7, 11) is 1.44. The highest BCUT2D eigenvalue weighted by atomic mass is 16.5. The molecule has 0 saturated carbocycles. The van der Waals surface area contributed by atoms with E-state index in [1.807, 2.05) is 12.1 Å². The predicted octanol–water partition coefficient (Wildman–Crippen LogP) is 6.96. The van der Waals surface area contributed by atoms with Crippen LogP contribution in [-0.4, -0.2) is 61.4 Å². The monoisotopic (exact) mass is 690 g/mol. The van der Waals surface area contributed by atoms with Gasteiger partial charge in [0.25, 0.3) is 0 Å². The zero-order valence-corrected chi connectivity index (χ0v) is 29.9. The number of methoxy groups -OCH3 is 1. The normalized spacial score (nSPS) is 35.1. The van der Waals surface area contributed by atoms with Crippen molar-refractivity contribution in [1.82, 2.24) is 21.3 Å². The molecule has 0 spiro atoms. The molecule has 52 heavy (non-hydrogen) atoms. The number of benzene rings is 4. The van der Waals surface area contributed by atoms with E-state index in [-0.39, 0.29) is 53.9 Å². The highest BCUT2D eigenvalue weighted by molar-refractivity contribution is 5.89. The lowest BCUT2D eigenvalue weighted by atomic mass is 9.83. The molecule has 8 bridgehead atoms. The lowest BCUT2D eigenvalue weighted by Crippen LogP contribution is -2.52. The number of esters is 1. The molecule has 0 aliphatic carbocycles. The molecule has 6 heteroatoms. The summed E-state index contributed by atoms with van der Waals surface area (Å²) >= 11 is 0. The summed E-state index contributed by atoms with van der Waals surface area (Å²) < 4.78 is 5.05. The van der Waals surface area contributed by atoms with Crippen LogP contribution in [0.2, 0.25) is 0 Å². The van der Waals surface area contributed by atoms with Gasteiger partial charge in [0, 0.05) is 72.0 Å². The molecule has 4 aromatic carbocycles. The number of hydrogen-bond acceptors (Lipinski definition) is 6. The molecule has 9 rings (SSSR count). The van der Waals surface area contributed by atoms with Gasteiger partial charge in [-0.2, -0.15) is 0 Å². The maximum atomic E-state index is 12.4. The van der Waals surface area contributed by atoms with E-state index in [2.05, 4.69) is 149 Å². The Kier molecular flexibility index (Phi) is 9.40. The highest BCUT2D eigenvalue weighted by Gasteiger charge is 2.47. The third-order valence-corrected chi connectivity index (χ3v) is 12.8. The molecule has 12 atom stereocenters. The number of fused-ring (bicyclic) bond motifs is 8. The molecule has 6 nitrogen and oxygen atoms in total. The molecule has 0 radical (unpaired) electrons. The van der Waals surface area contributed by atoms with Gasteiger partial charge in [-0.05, 0) is 60.1 Å². The Hall–Kier alpha value is -4.33. The van der Waals surface area contributed by atoms with Crippen molar-refractivity contribution in [2.75, 3.05) is 7.11 Å². The first-order valence-electron chi connectivity index (χ1n) is 19.4. The maximum Gasteiger partial charge on any atom is 0.337 e. The summed E-state index contributed by atoms with van der Waals surface area (Å²) in [6.07, 6.45) is 14.3. The van der Waals surface area contributed by atoms with E-state index < -0.39 is 0 Å². The van der Waals surface area contributed by atoms with E-state index in [9.17, 15) is 4.79 Å². The number of carbonyl (C=O) groups is 1. The van der Waals surface area contributed by atoms with E-state index in [1.54, 1.807) is 0 Å². The fraction of sp³-hybridized carbons (Fsp3) is 0.370. The Morgan fingerprint density at radius 3 is 1.06 bits per heavy atom. The second kappa shape index (κ2) is 14.6. The number of rotatable bonds is 5. The van der Waals surface area contributed by atoms with Gasteiger partial charge in [0.05, 0.1) is 12.7 Å². The average Bonchev–Trinajstić information content (AvgIpc) is 4.04. The maximum absolute atomic E-state index is 12.4. The van der Waals surface area contributed by atoms with E-state index in [0.717, 1.165) is 25.7 Å². The van der Waals surface area contributed by atoms with Gasteiger partial charge in [-0.3, -0.25) is 0 Å². The molecule has 0 aromatic heterocycles. The first-order valence-corrected chi connectivity index (χ1v) is 19.4. The van der Waals surface area contributed by atoms with E-state index in [0.29, 0.717) is 29.6 Å². The molecule has 3 fully saturated rings. The van der Waals surface area contributed by atoms with Crippen LogP contribution in [-0.2, 0) is 4.74 Å². The summed E-state index contributed by atoms with van der Waals surface area (Å²) in [6.45, 7) is 0. The predicted molar refractivity (Wildman–Crippen MR) is 208 cm³/mol. The van der Waals surface area contributed by atoms with Crippen LogP contribution < -0.4 is 21.3 Å². The molecular formula is C46H50N4O2. The summed E-state index contributed by atoms with van der Waals surface area (Å²) in [6, 6.07) is 43.6. The van der Waals surface area contributed by atoms with Gasteiger partial charge in [-0.25, -0.2) is 4.79 Å². The minimum atomic E-state index is -0.300. The van der Waals surface area contributed by atoms with Crippen molar-refractivity contribution < 1.29 is 9.53 Å². The molecular weight excluding hydrogens is 641 g/mol. The summed E-state index contributed by atoms with van der Waals surface area (Å²) in [4.78, 5) is 12.4. The van der Waals surface area contributed by atoms with Crippen LogP contribution in [0.15, 0.2) is 140 Å². The fourth-order valence-electron chi connectivity index (χ4n) is 10.5. The van der Waals surface area contributed by atoms with Gasteiger partial charge in [0.1, 0.15) is 0 Å². The van der Waals surface area contributed by atoms with E-state index in [1.165, 1.54) is 29.4 Å². The Balaban J connectivity index is 1.13. The summed E-state index contributed by atoms with van der Waals surface area (Å²) in [5.41, 5.74) is 5.98. The highest BCUT2D eigenvalue weighted by Crippen LogP contribution is 2.43. The van der Waals surface area contributed by atoms with Crippen LogP contribution in [0.25, 0.3) is 0 Å². The standard InChI is InChI=1S/C46H50N4O2/c1-52-46(51)33-19-17-32(18-20-33)45-40-27-25-38(49-40)43(30-13-7-3-8-14-30)36-23-21-34(47-36)42(29-11-5-2-6-12-29)35-22-24-37(48-35)44(31-15-9-4-10-16-31)39-26-28-41(45)50-39/h2-21,23,26,28,34-45,47-50H,22,24-25,27H2,1H3. The van der Waals surface area contributed by atoms with Crippen molar-refractivity contribution in [3.63, 3.8) is 0 Å². The fourth-order valence-corrected chi connectivity index (χ4v) is 10.5. The van der Waals surface area contributed by atoms with Gasteiger partial charge in [-0.1, -0.05) is 127 Å².